The molecule has 0 saturated carbocycles. The largest absolute Gasteiger partial charge is 0.346 e. The molecule has 0 radical (unpaired) electrons. The van der Waals surface area contributed by atoms with Gasteiger partial charge in [-0.2, -0.15) is 0 Å². The summed E-state index contributed by atoms with van der Waals surface area (Å²) in [7, 11) is -0.678. The zero-order valence-corrected chi connectivity index (χ0v) is 12.8. The van der Waals surface area contributed by atoms with Crippen molar-refractivity contribution < 1.29 is 13.7 Å². The molecule has 3 aliphatic heterocycles. The second kappa shape index (κ2) is 5.67. The van der Waals surface area contributed by atoms with Crippen LogP contribution in [0.25, 0.3) is 5.57 Å². The minimum absolute atomic E-state index is 0.241. The van der Waals surface area contributed by atoms with Gasteiger partial charge in [-0.3, -0.25) is 4.21 Å². The lowest BCUT2D eigenvalue weighted by atomic mass is 9.90. The summed E-state index contributed by atoms with van der Waals surface area (Å²) in [5.41, 5.74) is 3.67. The van der Waals surface area contributed by atoms with Crippen molar-refractivity contribution in [3.05, 3.63) is 41.5 Å². The maximum atomic E-state index is 12.3. The van der Waals surface area contributed by atoms with Crippen LogP contribution in [0.4, 0.5) is 0 Å². The number of ether oxygens (including phenoxy) is 2. The minimum Gasteiger partial charge on any atom is -0.346 e. The highest BCUT2D eigenvalue weighted by atomic mass is 32.2. The first-order valence-corrected chi connectivity index (χ1v) is 9.03. The molecule has 1 aromatic rings. The molecular weight excluding hydrogens is 284 g/mol. The number of rotatable bonds is 2. The minimum atomic E-state index is -0.678. The maximum Gasteiger partial charge on any atom is 0.184 e. The van der Waals surface area contributed by atoms with E-state index >= 15 is 0 Å². The van der Waals surface area contributed by atoms with E-state index in [1.807, 2.05) is 6.07 Å². The van der Waals surface area contributed by atoms with Crippen LogP contribution >= 0.6 is 0 Å². The van der Waals surface area contributed by atoms with Gasteiger partial charge in [-0.25, -0.2) is 0 Å². The first-order chi connectivity index (χ1) is 10.3. The molecule has 3 aliphatic rings. The molecule has 3 nitrogen and oxygen atoms in total. The van der Waals surface area contributed by atoms with Crippen LogP contribution in [0.3, 0.4) is 0 Å². The lowest BCUT2D eigenvalue weighted by molar-refractivity contribution is -0.0443. The van der Waals surface area contributed by atoms with E-state index in [0.717, 1.165) is 24.8 Å². The van der Waals surface area contributed by atoms with Crippen LogP contribution < -0.4 is 0 Å². The summed E-state index contributed by atoms with van der Waals surface area (Å²) in [5.74, 6) is 0. The van der Waals surface area contributed by atoms with Crippen LogP contribution in [-0.4, -0.2) is 27.9 Å². The predicted molar refractivity (Wildman–Crippen MR) is 83.3 cm³/mol. The Hall–Kier alpha value is -0.970. The summed E-state index contributed by atoms with van der Waals surface area (Å²) in [5, 5.41) is 0.577. The summed E-state index contributed by atoms with van der Waals surface area (Å²) < 4.78 is 23.7. The van der Waals surface area contributed by atoms with Gasteiger partial charge in [0.25, 0.3) is 0 Å². The predicted octanol–water partition coefficient (Wildman–Crippen LogP) is 3.19. The summed E-state index contributed by atoms with van der Waals surface area (Å²) >= 11 is 0. The van der Waals surface area contributed by atoms with Gasteiger partial charge in [0.1, 0.15) is 0 Å². The second-order valence-corrected chi connectivity index (χ2v) is 7.91. The first kappa shape index (κ1) is 13.7. The highest BCUT2D eigenvalue weighted by Gasteiger charge is 2.34. The fourth-order valence-corrected chi connectivity index (χ4v) is 5.57. The van der Waals surface area contributed by atoms with Crippen LogP contribution in [0.15, 0.2) is 30.3 Å². The van der Waals surface area contributed by atoms with Gasteiger partial charge in [0.2, 0.25) is 0 Å². The molecule has 3 heterocycles. The monoisotopic (exact) mass is 304 g/mol. The standard InChI is InChI=1S/C17H20O3S/c18-21-13-4-3-5-14(21)11-12(10-13)15-6-1-2-7-16(15)17-19-8-9-20-17/h1-2,6-7,10,13-14,17H,3-5,8-9,11H2. The van der Waals surface area contributed by atoms with E-state index in [4.69, 9.17) is 9.47 Å². The SMILES string of the molecule is O=S1C2C=C(c3ccccc3C3OCCO3)CC1CCC2. The topological polar surface area (TPSA) is 35.5 Å². The van der Waals surface area contributed by atoms with Crippen LogP contribution in [0.1, 0.15) is 43.1 Å². The number of benzene rings is 1. The van der Waals surface area contributed by atoms with Crippen molar-refractivity contribution in [2.75, 3.05) is 13.2 Å². The molecule has 4 heteroatoms. The van der Waals surface area contributed by atoms with Crippen molar-refractivity contribution in [3.8, 4) is 0 Å². The average molecular weight is 304 g/mol. The van der Waals surface area contributed by atoms with Gasteiger partial charge in [-0.15, -0.1) is 0 Å². The molecule has 0 aliphatic carbocycles. The number of hydrogen-bond donors (Lipinski definition) is 0. The Morgan fingerprint density at radius 1 is 1.10 bits per heavy atom. The molecule has 1 aromatic carbocycles. The Bertz CT molecular complexity index is 589. The molecule has 0 spiro atoms. The molecule has 0 aromatic heterocycles. The van der Waals surface area contributed by atoms with Crippen molar-refractivity contribution in [2.45, 2.75) is 42.5 Å². The van der Waals surface area contributed by atoms with Gasteiger partial charge < -0.3 is 9.47 Å². The third-order valence-electron chi connectivity index (χ3n) is 4.66. The van der Waals surface area contributed by atoms with Crippen molar-refractivity contribution in [1.82, 2.24) is 0 Å². The Morgan fingerprint density at radius 2 is 1.90 bits per heavy atom. The quantitative estimate of drug-likeness (QED) is 0.842. The molecule has 0 N–H and O–H groups in total. The van der Waals surface area contributed by atoms with E-state index in [1.165, 1.54) is 17.6 Å². The van der Waals surface area contributed by atoms with Crippen molar-refractivity contribution in [2.24, 2.45) is 0 Å². The molecule has 4 rings (SSSR count). The van der Waals surface area contributed by atoms with E-state index in [9.17, 15) is 4.21 Å². The fourth-order valence-electron chi connectivity index (χ4n) is 3.63. The molecule has 2 saturated heterocycles. The Morgan fingerprint density at radius 3 is 2.71 bits per heavy atom. The van der Waals surface area contributed by atoms with Crippen molar-refractivity contribution >= 4 is 16.4 Å². The van der Waals surface area contributed by atoms with E-state index in [0.29, 0.717) is 18.5 Å². The zero-order valence-electron chi connectivity index (χ0n) is 12.0. The molecule has 21 heavy (non-hydrogen) atoms. The van der Waals surface area contributed by atoms with E-state index < -0.39 is 10.8 Å². The van der Waals surface area contributed by atoms with Crippen molar-refractivity contribution in [3.63, 3.8) is 0 Å². The molecule has 112 valence electrons. The molecular formula is C17H20O3S. The Labute approximate surface area is 127 Å². The third kappa shape index (κ3) is 2.50. The third-order valence-corrected chi connectivity index (χ3v) is 6.69. The molecule has 3 atom stereocenters. The van der Waals surface area contributed by atoms with Gasteiger partial charge in [0, 0.05) is 21.6 Å². The molecule has 0 amide bonds. The van der Waals surface area contributed by atoms with E-state index in [1.54, 1.807) is 0 Å². The molecule has 3 unspecified atom stereocenters. The van der Waals surface area contributed by atoms with E-state index in [-0.39, 0.29) is 11.5 Å². The molecule has 2 fully saturated rings. The highest BCUT2D eigenvalue weighted by Crippen LogP contribution is 2.39. The maximum absolute atomic E-state index is 12.3. The summed E-state index contributed by atoms with van der Waals surface area (Å²) in [6, 6.07) is 8.34. The first-order valence-electron chi connectivity index (χ1n) is 7.75. The van der Waals surface area contributed by atoms with Gasteiger partial charge >= 0.3 is 0 Å². The number of hydrogen-bond acceptors (Lipinski definition) is 3. The number of fused-ring (bicyclic) bond motifs is 2. The Balaban J connectivity index is 1.72. The average Bonchev–Trinajstić information content (AvgIpc) is 3.01. The highest BCUT2D eigenvalue weighted by molar-refractivity contribution is 7.86. The van der Waals surface area contributed by atoms with Gasteiger partial charge in [-0.1, -0.05) is 36.8 Å². The second-order valence-electron chi connectivity index (χ2n) is 5.98. The smallest absolute Gasteiger partial charge is 0.184 e. The lowest BCUT2D eigenvalue weighted by Crippen LogP contribution is -2.33. The van der Waals surface area contributed by atoms with Gasteiger partial charge in [0.05, 0.1) is 18.5 Å². The van der Waals surface area contributed by atoms with Crippen LogP contribution in [-0.2, 0) is 20.3 Å². The Kier molecular flexibility index (Phi) is 3.69. The summed E-state index contributed by atoms with van der Waals surface area (Å²) in [6.45, 7) is 1.32. The summed E-state index contributed by atoms with van der Waals surface area (Å²) in [6.07, 6.45) is 6.30. The van der Waals surface area contributed by atoms with E-state index in [2.05, 4.69) is 24.3 Å². The van der Waals surface area contributed by atoms with Crippen LogP contribution in [0.5, 0.6) is 0 Å². The normalized spacial score (nSPS) is 33.0. The van der Waals surface area contributed by atoms with Gasteiger partial charge in [0.15, 0.2) is 6.29 Å². The van der Waals surface area contributed by atoms with Crippen molar-refractivity contribution in [1.29, 1.82) is 0 Å². The van der Waals surface area contributed by atoms with Gasteiger partial charge in [-0.05, 0) is 30.4 Å². The van der Waals surface area contributed by atoms with Crippen LogP contribution in [0, 0.1) is 0 Å². The zero-order chi connectivity index (χ0) is 14.2. The molecule has 2 bridgehead atoms. The summed E-state index contributed by atoms with van der Waals surface area (Å²) in [4.78, 5) is 0. The lowest BCUT2D eigenvalue weighted by Gasteiger charge is -2.33. The number of allylic oxidation sites excluding steroid dienone is 1. The van der Waals surface area contributed by atoms with Crippen LogP contribution in [0.2, 0.25) is 0 Å². The fraction of sp³-hybridized carbons (Fsp3) is 0.529.